The van der Waals surface area contributed by atoms with Crippen molar-refractivity contribution in [3.8, 4) is 0 Å². The lowest BCUT2D eigenvalue weighted by Gasteiger charge is -2.30. The zero-order valence-corrected chi connectivity index (χ0v) is 11.2. The van der Waals surface area contributed by atoms with Crippen molar-refractivity contribution in [3.05, 3.63) is 11.8 Å². The van der Waals surface area contributed by atoms with Gasteiger partial charge in [0.15, 0.2) is 0 Å². The molecule has 0 aromatic heterocycles. The fourth-order valence-electron chi connectivity index (χ4n) is 3.16. The number of allylic oxidation sites excluding steroid dienone is 1. The Labute approximate surface area is 106 Å². The van der Waals surface area contributed by atoms with Crippen molar-refractivity contribution in [1.82, 2.24) is 5.32 Å². The summed E-state index contributed by atoms with van der Waals surface area (Å²) < 4.78 is 5.89. The summed E-state index contributed by atoms with van der Waals surface area (Å²) >= 11 is 0. The second-order valence-electron chi connectivity index (χ2n) is 5.38. The van der Waals surface area contributed by atoms with E-state index in [4.69, 9.17) is 4.74 Å². The van der Waals surface area contributed by atoms with E-state index in [1.54, 1.807) is 0 Å². The number of hydrogen-bond acceptors (Lipinski definition) is 2. The maximum atomic E-state index is 5.89. The number of nitrogens with one attached hydrogen (secondary N) is 1. The maximum absolute atomic E-state index is 5.89. The molecule has 1 aliphatic heterocycles. The second-order valence-corrected chi connectivity index (χ2v) is 5.38. The highest BCUT2D eigenvalue weighted by Crippen LogP contribution is 2.30. The third-order valence-corrected chi connectivity index (χ3v) is 4.06. The molecule has 2 nitrogen and oxygen atoms in total. The maximum Gasteiger partial charge on any atom is 0.109 e. The van der Waals surface area contributed by atoms with Crippen molar-refractivity contribution < 1.29 is 4.74 Å². The molecule has 17 heavy (non-hydrogen) atoms. The van der Waals surface area contributed by atoms with Gasteiger partial charge in [-0.15, -0.1) is 0 Å². The Hall–Kier alpha value is -0.500. The average Bonchev–Trinajstić information content (AvgIpc) is 2.66. The molecule has 0 aromatic rings. The predicted octanol–water partition coefficient (Wildman–Crippen LogP) is 3.63. The normalized spacial score (nSPS) is 24.6. The highest BCUT2D eigenvalue weighted by Gasteiger charge is 2.27. The third-order valence-electron chi connectivity index (χ3n) is 4.06. The molecule has 1 unspecified atom stereocenters. The molecule has 2 rings (SSSR count). The molecule has 1 atom stereocenters. The molecule has 0 bridgehead atoms. The Balaban J connectivity index is 2.01. The molecular formula is C15H27NO. The molecule has 1 heterocycles. The zero-order chi connectivity index (χ0) is 11.9. The first kappa shape index (κ1) is 12.9. The fourth-order valence-corrected chi connectivity index (χ4v) is 3.16. The van der Waals surface area contributed by atoms with Gasteiger partial charge in [-0.2, -0.15) is 0 Å². The average molecular weight is 237 g/mol. The summed E-state index contributed by atoms with van der Waals surface area (Å²) in [6, 6.07) is 0.485. The lowest BCUT2D eigenvalue weighted by molar-refractivity contribution is 0.146. The molecule has 0 amide bonds. The monoisotopic (exact) mass is 237 g/mol. The predicted molar refractivity (Wildman–Crippen MR) is 71.9 cm³/mol. The molecule has 98 valence electrons. The molecule has 1 aliphatic carbocycles. The Morgan fingerprint density at radius 2 is 2.00 bits per heavy atom. The van der Waals surface area contributed by atoms with Gasteiger partial charge in [-0.3, -0.25) is 0 Å². The Bertz CT molecular complexity index is 241. The van der Waals surface area contributed by atoms with E-state index < -0.39 is 0 Å². The number of hydrogen-bond donors (Lipinski definition) is 1. The van der Waals surface area contributed by atoms with E-state index in [0.717, 1.165) is 19.1 Å². The van der Waals surface area contributed by atoms with Crippen LogP contribution in [-0.2, 0) is 4.74 Å². The molecule has 0 spiro atoms. The molecule has 0 aromatic carbocycles. The van der Waals surface area contributed by atoms with Crippen LogP contribution in [0, 0.1) is 5.92 Å². The Kier molecular flexibility index (Phi) is 5.37. The first-order valence-electron chi connectivity index (χ1n) is 7.48. The fraction of sp³-hybridized carbons (Fsp3) is 0.867. The highest BCUT2D eigenvalue weighted by molar-refractivity contribution is 5.08. The van der Waals surface area contributed by atoms with Gasteiger partial charge in [0.25, 0.3) is 0 Å². The molecule has 1 N–H and O–H groups in total. The summed E-state index contributed by atoms with van der Waals surface area (Å²) in [5.74, 6) is 2.03. The number of rotatable bonds is 4. The second kappa shape index (κ2) is 7.05. The van der Waals surface area contributed by atoms with Crippen LogP contribution in [0.25, 0.3) is 0 Å². The SMILES string of the molecule is CCNC(C1=CCCCO1)C1CCCCCC1. The van der Waals surface area contributed by atoms with Crippen molar-refractivity contribution in [1.29, 1.82) is 0 Å². The summed E-state index contributed by atoms with van der Waals surface area (Å²) in [6.07, 6.45) is 13.1. The van der Waals surface area contributed by atoms with Crippen molar-refractivity contribution in [2.24, 2.45) is 5.92 Å². The lowest BCUT2D eigenvalue weighted by Crippen LogP contribution is -2.39. The minimum absolute atomic E-state index is 0.485. The van der Waals surface area contributed by atoms with Gasteiger partial charge in [0, 0.05) is 0 Å². The van der Waals surface area contributed by atoms with Gasteiger partial charge in [-0.25, -0.2) is 0 Å². The molecule has 0 radical (unpaired) electrons. The van der Waals surface area contributed by atoms with Crippen molar-refractivity contribution in [2.45, 2.75) is 64.3 Å². The minimum Gasteiger partial charge on any atom is -0.497 e. The minimum atomic E-state index is 0.485. The van der Waals surface area contributed by atoms with Crippen molar-refractivity contribution >= 4 is 0 Å². The summed E-state index contributed by atoms with van der Waals surface area (Å²) in [5, 5.41) is 3.66. The molecular weight excluding hydrogens is 210 g/mol. The molecule has 2 heteroatoms. The third kappa shape index (κ3) is 3.74. The van der Waals surface area contributed by atoms with Gasteiger partial charge in [-0.1, -0.05) is 32.6 Å². The molecule has 2 aliphatic rings. The van der Waals surface area contributed by atoms with E-state index in [2.05, 4.69) is 18.3 Å². The first-order valence-corrected chi connectivity index (χ1v) is 7.48. The van der Waals surface area contributed by atoms with Crippen LogP contribution in [0.1, 0.15) is 58.3 Å². The van der Waals surface area contributed by atoms with E-state index in [0.29, 0.717) is 6.04 Å². The summed E-state index contributed by atoms with van der Waals surface area (Å²) in [6.45, 7) is 4.16. The van der Waals surface area contributed by atoms with Gasteiger partial charge in [0.2, 0.25) is 0 Å². The summed E-state index contributed by atoms with van der Waals surface area (Å²) in [7, 11) is 0. The number of likely N-dealkylation sites (N-methyl/N-ethyl adjacent to an activating group) is 1. The molecule has 1 fully saturated rings. The Morgan fingerprint density at radius 3 is 2.59 bits per heavy atom. The number of ether oxygens (including phenoxy) is 1. The highest BCUT2D eigenvalue weighted by atomic mass is 16.5. The topological polar surface area (TPSA) is 21.3 Å². The smallest absolute Gasteiger partial charge is 0.109 e. The Morgan fingerprint density at radius 1 is 1.24 bits per heavy atom. The van der Waals surface area contributed by atoms with Crippen molar-refractivity contribution in [2.75, 3.05) is 13.2 Å². The molecule has 0 saturated heterocycles. The van der Waals surface area contributed by atoms with E-state index in [-0.39, 0.29) is 0 Å². The van der Waals surface area contributed by atoms with Gasteiger partial charge < -0.3 is 10.1 Å². The first-order chi connectivity index (χ1) is 8.42. The summed E-state index contributed by atoms with van der Waals surface area (Å²) in [4.78, 5) is 0. The van der Waals surface area contributed by atoms with E-state index in [1.165, 1.54) is 57.1 Å². The molecule has 1 saturated carbocycles. The van der Waals surface area contributed by atoms with E-state index >= 15 is 0 Å². The van der Waals surface area contributed by atoms with Crippen LogP contribution < -0.4 is 5.32 Å². The van der Waals surface area contributed by atoms with Crippen LogP contribution in [-0.4, -0.2) is 19.2 Å². The van der Waals surface area contributed by atoms with Crippen LogP contribution in [0.3, 0.4) is 0 Å². The van der Waals surface area contributed by atoms with Crippen LogP contribution in [0.2, 0.25) is 0 Å². The van der Waals surface area contributed by atoms with Crippen molar-refractivity contribution in [3.63, 3.8) is 0 Å². The zero-order valence-electron chi connectivity index (χ0n) is 11.2. The van der Waals surface area contributed by atoms with Crippen LogP contribution in [0.15, 0.2) is 11.8 Å². The summed E-state index contributed by atoms with van der Waals surface area (Å²) in [5.41, 5.74) is 0. The van der Waals surface area contributed by atoms with Gasteiger partial charge in [0.1, 0.15) is 5.76 Å². The van der Waals surface area contributed by atoms with E-state index in [1.807, 2.05) is 0 Å². The van der Waals surface area contributed by atoms with Gasteiger partial charge in [-0.05, 0) is 44.2 Å². The largest absolute Gasteiger partial charge is 0.497 e. The lowest BCUT2D eigenvalue weighted by atomic mass is 9.89. The van der Waals surface area contributed by atoms with Crippen LogP contribution >= 0.6 is 0 Å². The van der Waals surface area contributed by atoms with Crippen LogP contribution in [0.4, 0.5) is 0 Å². The van der Waals surface area contributed by atoms with Gasteiger partial charge in [0.05, 0.1) is 12.6 Å². The quantitative estimate of drug-likeness (QED) is 0.754. The standard InChI is InChI=1S/C15H27NO/c1-2-16-15(14-11-7-8-12-17-14)13-9-5-3-4-6-10-13/h11,13,15-16H,2-10,12H2,1H3. The van der Waals surface area contributed by atoms with Crippen LogP contribution in [0.5, 0.6) is 0 Å². The van der Waals surface area contributed by atoms with Gasteiger partial charge >= 0.3 is 0 Å². The van der Waals surface area contributed by atoms with E-state index in [9.17, 15) is 0 Å².